The molecule has 0 spiro atoms. The van der Waals surface area contributed by atoms with Crippen molar-refractivity contribution in [1.82, 2.24) is 0 Å². The Morgan fingerprint density at radius 3 is 0.866 bits per heavy atom. The van der Waals surface area contributed by atoms with Gasteiger partial charge in [-0.1, -0.05) is 206 Å². The van der Waals surface area contributed by atoms with E-state index in [9.17, 15) is 0 Å². The molecule has 4 heterocycles. The molecule has 0 bridgehead atoms. The van der Waals surface area contributed by atoms with Crippen LogP contribution in [0.25, 0.3) is 190 Å². The van der Waals surface area contributed by atoms with Crippen molar-refractivity contribution in [3.63, 3.8) is 0 Å². The minimum atomic E-state index is 1.23. The Labute approximate surface area is 486 Å². The molecular weight excluding hydrogens is 1070 g/mol. The summed E-state index contributed by atoms with van der Waals surface area (Å²) >= 11 is 7.75. The van der Waals surface area contributed by atoms with Crippen LogP contribution in [0.3, 0.4) is 0 Å². The number of hydrogen-bond acceptors (Lipinski definition) is 4. The largest absolute Gasteiger partial charge is 0.135 e. The van der Waals surface area contributed by atoms with Gasteiger partial charge >= 0.3 is 0 Å². The van der Waals surface area contributed by atoms with E-state index in [2.05, 4.69) is 255 Å². The molecule has 0 N–H and O–H groups in total. The number of rotatable bonds is 4. The van der Waals surface area contributed by atoms with Crippen molar-refractivity contribution in [3.8, 4) is 44.5 Å². The summed E-state index contributed by atoms with van der Waals surface area (Å²) < 4.78 is 10.6. The normalized spacial score (nSPS) is 12.4. The summed E-state index contributed by atoms with van der Waals surface area (Å²) in [5.74, 6) is 0. The zero-order valence-electron chi connectivity index (χ0n) is 43.9. The molecule has 0 unspecified atom stereocenters. The first kappa shape index (κ1) is 45.5. The summed E-state index contributed by atoms with van der Waals surface area (Å²) in [6.45, 7) is 0. The van der Waals surface area contributed by atoms with Crippen molar-refractivity contribution in [2.45, 2.75) is 0 Å². The summed E-state index contributed by atoms with van der Waals surface area (Å²) in [5, 5.41) is 26.0. The van der Waals surface area contributed by atoms with Crippen molar-refractivity contribution in [2.75, 3.05) is 0 Å². The monoisotopic (exact) mass is 1110 g/mol. The van der Waals surface area contributed by atoms with E-state index in [4.69, 9.17) is 0 Å². The average molecular weight is 1110 g/mol. The van der Waals surface area contributed by atoms with Gasteiger partial charge in [0.15, 0.2) is 0 Å². The van der Waals surface area contributed by atoms with Crippen LogP contribution in [-0.4, -0.2) is 0 Å². The Hall–Kier alpha value is -9.26. The van der Waals surface area contributed by atoms with Crippen molar-refractivity contribution in [3.05, 3.63) is 255 Å². The zero-order valence-corrected chi connectivity index (χ0v) is 47.1. The molecule has 19 aromatic rings. The van der Waals surface area contributed by atoms with Crippen LogP contribution >= 0.6 is 45.3 Å². The van der Waals surface area contributed by atoms with Gasteiger partial charge in [0.1, 0.15) is 0 Å². The van der Waals surface area contributed by atoms with Gasteiger partial charge in [-0.25, -0.2) is 0 Å². The summed E-state index contributed by atoms with van der Waals surface area (Å²) in [6, 6.07) is 96.7. The van der Waals surface area contributed by atoms with Crippen molar-refractivity contribution in [2.24, 2.45) is 0 Å². The van der Waals surface area contributed by atoms with Gasteiger partial charge in [-0.2, -0.15) is 0 Å². The second-order valence-electron chi connectivity index (χ2n) is 22.0. The molecule has 19 rings (SSSR count). The van der Waals surface area contributed by atoms with Crippen LogP contribution in [0.2, 0.25) is 0 Å². The topological polar surface area (TPSA) is 0 Å². The molecule has 0 aliphatic rings. The Morgan fingerprint density at radius 2 is 0.476 bits per heavy atom. The standard InChI is InChI=1S/C78H42S4/c1-2-20-43(21-3-1)66-46-22-4-6-24-48(46)69(49-25-7-5-23-47(49)66)59-41-45-42-60(78-75(57-33-15-19-37-64(57)82-78)68(45)74-56-32-14-18-36-63(56)81-77(59)74)71-52-28-10-8-26-50(52)70(51-27-9-11-29-53(51)71)58-40-44-38-39-65-72(54-30-12-16-34-61(54)79-65)67(44)73-55-31-13-17-35-62(55)80-76(58)73/h1-42H. The highest BCUT2D eigenvalue weighted by Gasteiger charge is 2.28. The van der Waals surface area contributed by atoms with Gasteiger partial charge in [-0.15, -0.1) is 45.3 Å². The highest BCUT2D eigenvalue weighted by atomic mass is 32.1. The first-order chi connectivity index (χ1) is 40.7. The van der Waals surface area contributed by atoms with Crippen LogP contribution < -0.4 is 0 Å². The minimum Gasteiger partial charge on any atom is -0.135 e. The fraction of sp³-hybridized carbons (Fsp3) is 0. The molecule has 15 aromatic carbocycles. The first-order valence-electron chi connectivity index (χ1n) is 28.1. The predicted molar refractivity (Wildman–Crippen MR) is 365 cm³/mol. The van der Waals surface area contributed by atoms with Crippen LogP contribution in [0.5, 0.6) is 0 Å². The SMILES string of the molecule is c1ccc(-c2c3ccccc3c(-c3cc4cc(-c5c6ccccc6c(-c6cc7ccc8sc9ccccc9c8c7c7c6sc6ccccc67)c6ccccc56)c5sc6ccccc6c5c4c4c3sc3ccccc34)c3ccccc23)cc1. The number of benzene rings is 15. The number of hydrogen-bond donors (Lipinski definition) is 0. The molecule has 4 heteroatoms. The molecule has 82 heavy (non-hydrogen) atoms. The highest BCUT2D eigenvalue weighted by Crippen LogP contribution is 2.57. The Morgan fingerprint density at radius 1 is 0.183 bits per heavy atom. The Bertz CT molecular complexity index is 5890. The lowest BCUT2D eigenvalue weighted by molar-refractivity contribution is 1.67. The fourth-order valence-electron chi connectivity index (χ4n) is 14.5. The molecule has 0 amide bonds. The van der Waals surface area contributed by atoms with E-state index in [-0.39, 0.29) is 0 Å². The molecule has 0 saturated carbocycles. The molecule has 0 nitrogen and oxygen atoms in total. The summed E-state index contributed by atoms with van der Waals surface area (Å²) in [5.41, 5.74) is 10.2. The van der Waals surface area contributed by atoms with E-state index in [0.717, 1.165) is 0 Å². The van der Waals surface area contributed by atoms with Crippen LogP contribution in [0.4, 0.5) is 0 Å². The molecule has 0 saturated heterocycles. The molecule has 0 fully saturated rings. The second kappa shape index (κ2) is 17.1. The van der Waals surface area contributed by atoms with Crippen LogP contribution in [0, 0.1) is 0 Å². The third kappa shape index (κ3) is 6.19. The van der Waals surface area contributed by atoms with Gasteiger partial charge in [-0.3, -0.25) is 0 Å². The van der Waals surface area contributed by atoms with Crippen molar-refractivity contribution < 1.29 is 0 Å². The van der Waals surface area contributed by atoms with Gasteiger partial charge in [0.25, 0.3) is 0 Å². The summed E-state index contributed by atoms with van der Waals surface area (Å²) in [4.78, 5) is 0. The third-order valence-electron chi connectivity index (χ3n) is 17.8. The lowest BCUT2D eigenvalue weighted by Crippen LogP contribution is -1.93. The fourth-order valence-corrected chi connectivity index (χ4v) is 19.3. The van der Waals surface area contributed by atoms with Crippen LogP contribution in [0.1, 0.15) is 0 Å². The summed E-state index contributed by atoms with van der Waals surface area (Å²) in [7, 11) is 0. The van der Waals surface area contributed by atoms with E-state index in [1.165, 1.54) is 190 Å². The van der Waals surface area contributed by atoms with E-state index in [1.54, 1.807) is 0 Å². The van der Waals surface area contributed by atoms with E-state index in [1.807, 2.05) is 45.3 Å². The first-order valence-corrected chi connectivity index (χ1v) is 31.3. The zero-order chi connectivity index (χ0) is 53.3. The van der Waals surface area contributed by atoms with Gasteiger partial charge in [-0.05, 0) is 130 Å². The Balaban J connectivity index is 0.965. The Kier molecular flexibility index (Phi) is 9.50. The van der Waals surface area contributed by atoms with Gasteiger partial charge in [0.2, 0.25) is 0 Å². The maximum absolute atomic E-state index is 2.59. The molecule has 4 aromatic heterocycles. The van der Waals surface area contributed by atoms with Gasteiger partial charge in [0, 0.05) is 108 Å². The molecular formula is C78H42S4. The van der Waals surface area contributed by atoms with Crippen molar-refractivity contribution >= 4 is 191 Å². The summed E-state index contributed by atoms with van der Waals surface area (Å²) in [6.07, 6.45) is 0. The molecule has 0 aliphatic heterocycles. The molecule has 0 atom stereocenters. The maximum atomic E-state index is 2.59. The predicted octanol–water partition coefficient (Wildman–Crippen LogP) is 24.7. The smallest absolute Gasteiger partial charge is 0.0440 e. The number of thiophene rings is 4. The van der Waals surface area contributed by atoms with E-state index < -0.39 is 0 Å². The maximum Gasteiger partial charge on any atom is 0.0440 e. The molecule has 0 radical (unpaired) electrons. The lowest BCUT2D eigenvalue weighted by atomic mass is 9.83. The van der Waals surface area contributed by atoms with Gasteiger partial charge < -0.3 is 0 Å². The molecule has 378 valence electrons. The van der Waals surface area contributed by atoms with Gasteiger partial charge in [0.05, 0.1) is 0 Å². The van der Waals surface area contributed by atoms with E-state index >= 15 is 0 Å². The van der Waals surface area contributed by atoms with Crippen molar-refractivity contribution in [1.29, 1.82) is 0 Å². The van der Waals surface area contributed by atoms with E-state index in [0.29, 0.717) is 0 Å². The highest BCUT2D eigenvalue weighted by molar-refractivity contribution is 7.28. The average Bonchev–Trinajstić information content (AvgIpc) is 3.02. The quantitative estimate of drug-likeness (QED) is 0.154. The minimum absolute atomic E-state index is 1.23. The second-order valence-corrected chi connectivity index (χ2v) is 26.2. The number of fused-ring (bicyclic) bond motifs is 22. The third-order valence-corrected chi connectivity index (χ3v) is 22.5. The lowest BCUT2D eigenvalue weighted by Gasteiger charge is -2.21. The van der Waals surface area contributed by atoms with Crippen LogP contribution in [0.15, 0.2) is 255 Å². The molecule has 0 aliphatic carbocycles. The van der Waals surface area contributed by atoms with Crippen LogP contribution in [-0.2, 0) is 0 Å².